The van der Waals surface area contributed by atoms with Crippen LogP contribution in [0.3, 0.4) is 0 Å². The van der Waals surface area contributed by atoms with Crippen molar-refractivity contribution in [2.24, 2.45) is 11.0 Å². The fraction of sp³-hybridized carbons (Fsp3) is 0.167. The molecule has 0 atom stereocenters. The molecule has 2 rings (SSSR count). The first kappa shape index (κ1) is 18.0. The molecule has 0 unspecified atom stereocenters. The van der Waals surface area contributed by atoms with Gasteiger partial charge in [0.2, 0.25) is 5.91 Å². The maximum absolute atomic E-state index is 12.0. The van der Waals surface area contributed by atoms with E-state index in [9.17, 15) is 19.8 Å². The van der Waals surface area contributed by atoms with Gasteiger partial charge in [-0.25, -0.2) is 5.43 Å². The first-order valence-corrected chi connectivity index (χ1v) is 7.63. The minimum absolute atomic E-state index is 0.0664. The minimum atomic E-state index is -0.434. The van der Waals surface area contributed by atoms with Crippen LogP contribution in [-0.2, 0) is 4.79 Å². The molecule has 2 aromatic rings. The van der Waals surface area contributed by atoms with Crippen molar-refractivity contribution in [1.82, 2.24) is 5.43 Å². The Labute approximate surface area is 145 Å². The van der Waals surface area contributed by atoms with E-state index in [0.29, 0.717) is 16.8 Å². The van der Waals surface area contributed by atoms with Crippen LogP contribution in [0.4, 0.5) is 5.69 Å². The summed E-state index contributed by atoms with van der Waals surface area (Å²) in [6.45, 7) is 3.59. The SMILES string of the molecule is CC(C)C(=O)Nc1ccc(C(=O)N/N=C\c2ccc(O)cc2O)cc1. The van der Waals surface area contributed by atoms with Crippen LogP contribution in [0.1, 0.15) is 29.8 Å². The predicted molar refractivity (Wildman–Crippen MR) is 94.7 cm³/mol. The van der Waals surface area contributed by atoms with Crippen molar-refractivity contribution in [3.8, 4) is 11.5 Å². The normalized spacial score (nSPS) is 10.8. The Morgan fingerprint density at radius 1 is 1.08 bits per heavy atom. The van der Waals surface area contributed by atoms with Crippen molar-refractivity contribution in [1.29, 1.82) is 0 Å². The summed E-state index contributed by atoms with van der Waals surface area (Å²) in [6, 6.07) is 10.4. The van der Waals surface area contributed by atoms with Gasteiger partial charge < -0.3 is 15.5 Å². The van der Waals surface area contributed by atoms with Gasteiger partial charge in [0.25, 0.3) is 5.91 Å². The van der Waals surface area contributed by atoms with Crippen molar-refractivity contribution in [2.75, 3.05) is 5.32 Å². The van der Waals surface area contributed by atoms with Crippen molar-refractivity contribution in [3.05, 3.63) is 53.6 Å². The number of nitrogens with one attached hydrogen (secondary N) is 2. The lowest BCUT2D eigenvalue weighted by Gasteiger charge is -2.08. The quantitative estimate of drug-likeness (QED) is 0.494. The van der Waals surface area contributed by atoms with E-state index in [0.717, 1.165) is 0 Å². The first-order valence-electron chi connectivity index (χ1n) is 7.63. The van der Waals surface area contributed by atoms with Crippen LogP contribution in [0.5, 0.6) is 11.5 Å². The zero-order chi connectivity index (χ0) is 18.4. The first-order chi connectivity index (χ1) is 11.9. The molecule has 2 amide bonds. The van der Waals surface area contributed by atoms with E-state index < -0.39 is 5.91 Å². The number of phenolic OH excluding ortho intramolecular Hbond substituents is 2. The molecule has 0 fully saturated rings. The molecule has 0 aliphatic carbocycles. The fourth-order valence-corrected chi connectivity index (χ4v) is 1.86. The Morgan fingerprint density at radius 2 is 1.76 bits per heavy atom. The number of hydrogen-bond donors (Lipinski definition) is 4. The number of hydrogen-bond acceptors (Lipinski definition) is 5. The summed E-state index contributed by atoms with van der Waals surface area (Å²) < 4.78 is 0. The second kappa shape index (κ2) is 7.96. The smallest absolute Gasteiger partial charge is 0.271 e. The predicted octanol–water partition coefficient (Wildman–Crippen LogP) is 2.46. The van der Waals surface area contributed by atoms with E-state index in [-0.39, 0.29) is 23.3 Å². The molecule has 7 heteroatoms. The topological polar surface area (TPSA) is 111 Å². The number of amides is 2. The molecule has 0 aromatic heterocycles. The summed E-state index contributed by atoms with van der Waals surface area (Å²) in [5.41, 5.74) is 3.66. The Morgan fingerprint density at radius 3 is 2.36 bits per heavy atom. The average molecular weight is 341 g/mol. The highest BCUT2D eigenvalue weighted by Crippen LogP contribution is 2.20. The minimum Gasteiger partial charge on any atom is -0.508 e. The lowest BCUT2D eigenvalue weighted by atomic mass is 10.1. The van der Waals surface area contributed by atoms with Gasteiger partial charge in [0.05, 0.1) is 6.21 Å². The van der Waals surface area contributed by atoms with Gasteiger partial charge in [0.1, 0.15) is 11.5 Å². The van der Waals surface area contributed by atoms with E-state index in [4.69, 9.17) is 0 Å². The summed E-state index contributed by atoms with van der Waals surface area (Å²) >= 11 is 0. The van der Waals surface area contributed by atoms with Gasteiger partial charge in [-0.1, -0.05) is 13.8 Å². The largest absolute Gasteiger partial charge is 0.508 e. The maximum Gasteiger partial charge on any atom is 0.271 e. The molecule has 4 N–H and O–H groups in total. The molecule has 0 heterocycles. The Hall–Kier alpha value is -3.35. The average Bonchev–Trinajstić information content (AvgIpc) is 2.57. The van der Waals surface area contributed by atoms with E-state index in [1.54, 1.807) is 38.1 Å². The molecular weight excluding hydrogens is 322 g/mol. The van der Waals surface area contributed by atoms with Gasteiger partial charge >= 0.3 is 0 Å². The Balaban J connectivity index is 1.96. The van der Waals surface area contributed by atoms with Crippen LogP contribution < -0.4 is 10.7 Å². The van der Waals surface area contributed by atoms with Gasteiger partial charge in [0.15, 0.2) is 0 Å². The molecule has 0 aliphatic heterocycles. The van der Waals surface area contributed by atoms with E-state index >= 15 is 0 Å². The van der Waals surface area contributed by atoms with Gasteiger partial charge in [-0.2, -0.15) is 5.10 Å². The van der Waals surface area contributed by atoms with Crippen LogP contribution in [-0.4, -0.2) is 28.2 Å². The van der Waals surface area contributed by atoms with Crippen LogP contribution in [0.25, 0.3) is 0 Å². The third kappa shape index (κ3) is 5.07. The molecule has 0 aliphatic rings. The molecule has 7 nitrogen and oxygen atoms in total. The number of rotatable bonds is 5. The molecule has 0 bridgehead atoms. The van der Waals surface area contributed by atoms with Crippen LogP contribution in [0.15, 0.2) is 47.6 Å². The molecule has 0 radical (unpaired) electrons. The van der Waals surface area contributed by atoms with Crippen LogP contribution in [0, 0.1) is 5.92 Å². The van der Waals surface area contributed by atoms with E-state index in [1.165, 1.54) is 24.4 Å². The van der Waals surface area contributed by atoms with Crippen LogP contribution >= 0.6 is 0 Å². The number of aromatic hydroxyl groups is 2. The highest BCUT2D eigenvalue weighted by Gasteiger charge is 2.08. The summed E-state index contributed by atoms with van der Waals surface area (Å²) in [5, 5.41) is 25.3. The summed E-state index contributed by atoms with van der Waals surface area (Å²) in [7, 11) is 0. The monoisotopic (exact) mass is 341 g/mol. The maximum atomic E-state index is 12.0. The number of anilines is 1. The standard InChI is InChI=1S/C18H19N3O4/c1-11(2)17(24)20-14-6-3-12(4-7-14)18(25)21-19-10-13-5-8-15(22)9-16(13)23/h3-11,22-23H,1-2H3,(H,20,24)(H,21,25)/b19-10-. The highest BCUT2D eigenvalue weighted by atomic mass is 16.3. The van der Waals surface area contributed by atoms with Crippen molar-refractivity contribution in [3.63, 3.8) is 0 Å². The van der Waals surface area contributed by atoms with Crippen molar-refractivity contribution < 1.29 is 19.8 Å². The molecule has 0 saturated carbocycles. The summed E-state index contributed by atoms with van der Waals surface area (Å²) in [4.78, 5) is 23.6. The van der Waals surface area contributed by atoms with Gasteiger partial charge in [0, 0.05) is 28.8 Å². The second-order valence-corrected chi connectivity index (χ2v) is 5.66. The van der Waals surface area contributed by atoms with Gasteiger partial charge in [-0.15, -0.1) is 0 Å². The Bertz CT molecular complexity index is 798. The number of phenols is 2. The lowest BCUT2D eigenvalue weighted by molar-refractivity contribution is -0.118. The summed E-state index contributed by atoms with van der Waals surface area (Å²) in [6.07, 6.45) is 1.27. The molecule has 2 aromatic carbocycles. The third-order valence-corrected chi connectivity index (χ3v) is 3.32. The van der Waals surface area contributed by atoms with Crippen molar-refractivity contribution in [2.45, 2.75) is 13.8 Å². The van der Waals surface area contributed by atoms with Crippen molar-refractivity contribution >= 4 is 23.7 Å². The zero-order valence-electron chi connectivity index (χ0n) is 13.9. The number of hydrazone groups is 1. The number of carbonyl (C=O) groups excluding carboxylic acids is 2. The number of carbonyl (C=O) groups is 2. The van der Waals surface area contributed by atoms with E-state index in [1.807, 2.05) is 0 Å². The van der Waals surface area contributed by atoms with Gasteiger partial charge in [-0.3, -0.25) is 9.59 Å². The number of benzene rings is 2. The fourth-order valence-electron chi connectivity index (χ4n) is 1.86. The molecule has 0 spiro atoms. The zero-order valence-corrected chi connectivity index (χ0v) is 13.9. The second-order valence-electron chi connectivity index (χ2n) is 5.66. The van der Waals surface area contributed by atoms with Gasteiger partial charge in [-0.05, 0) is 36.4 Å². The molecule has 0 saturated heterocycles. The highest BCUT2D eigenvalue weighted by molar-refractivity contribution is 5.96. The molecular formula is C18H19N3O4. The molecule has 130 valence electrons. The Kier molecular flexibility index (Phi) is 5.73. The summed E-state index contributed by atoms with van der Waals surface area (Å²) in [5.74, 6) is -0.882. The molecule has 25 heavy (non-hydrogen) atoms. The number of nitrogens with zero attached hydrogens (tertiary/aromatic N) is 1. The lowest BCUT2D eigenvalue weighted by Crippen LogP contribution is -2.19. The van der Waals surface area contributed by atoms with Crippen LogP contribution in [0.2, 0.25) is 0 Å². The van der Waals surface area contributed by atoms with E-state index in [2.05, 4.69) is 15.8 Å². The third-order valence-electron chi connectivity index (χ3n) is 3.32.